The van der Waals surface area contributed by atoms with Crippen molar-refractivity contribution >= 4 is 17.8 Å². The quantitative estimate of drug-likeness (QED) is 0.108. The van der Waals surface area contributed by atoms with Crippen LogP contribution < -0.4 is 16.8 Å². The number of carboxylic acid groups (broad SMARTS) is 1. The zero-order valence-electron chi connectivity index (χ0n) is 19.9. The second-order valence-electron chi connectivity index (χ2n) is 8.61. The third kappa shape index (κ3) is 21.2. The number of carbonyl (C=O) groups excluding carboxylic acids is 1. The van der Waals surface area contributed by atoms with Gasteiger partial charge in [-0.3, -0.25) is 9.79 Å². The predicted molar refractivity (Wildman–Crippen MR) is 129 cm³/mol. The molecule has 1 atom stereocenters. The van der Waals surface area contributed by atoms with Crippen molar-refractivity contribution in [1.29, 1.82) is 0 Å². The van der Waals surface area contributed by atoms with Crippen LogP contribution in [0.1, 0.15) is 122 Å². The third-order valence-electron chi connectivity index (χ3n) is 5.59. The topological polar surface area (TPSA) is 131 Å². The SMILES string of the molecule is CCCCCCCCCCCCCCCCCC(=O)NC(CCCN=C(N)N)C(=O)O. The molecule has 0 saturated carbocycles. The standard InChI is InChI=1S/C24H48N4O3/c1-2-3-4-5-6-7-8-9-10-11-12-13-14-15-16-19-22(29)28-21(23(30)31)18-17-20-27-24(25)26/h21H,2-20H2,1H3,(H,28,29)(H,30,31)(H4,25,26,27). The molecular formula is C24H48N4O3. The van der Waals surface area contributed by atoms with Gasteiger partial charge < -0.3 is 21.9 Å². The molecule has 0 fully saturated rings. The number of aliphatic carboxylic acids is 1. The Morgan fingerprint density at radius 3 is 1.65 bits per heavy atom. The molecule has 6 N–H and O–H groups in total. The maximum atomic E-state index is 12.0. The van der Waals surface area contributed by atoms with E-state index in [2.05, 4.69) is 17.2 Å². The van der Waals surface area contributed by atoms with Crippen LogP contribution in [-0.4, -0.2) is 35.5 Å². The van der Waals surface area contributed by atoms with Crippen molar-refractivity contribution in [3.8, 4) is 0 Å². The summed E-state index contributed by atoms with van der Waals surface area (Å²) in [6.45, 7) is 2.62. The first-order chi connectivity index (χ1) is 15.0. The Balaban J connectivity index is 3.53. The lowest BCUT2D eigenvalue weighted by molar-refractivity contribution is -0.142. The number of hydrogen-bond acceptors (Lipinski definition) is 3. The van der Waals surface area contributed by atoms with Crippen molar-refractivity contribution in [1.82, 2.24) is 5.32 Å². The Labute approximate surface area is 189 Å². The lowest BCUT2D eigenvalue weighted by Crippen LogP contribution is -2.40. The van der Waals surface area contributed by atoms with Crippen LogP contribution in [0.25, 0.3) is 0 Å². The molecule has 31 heavy (non-hydrogen) atoms. The van der Waals surface area contributed by atoms with E-state index in [4.69, 9.17) is 11.5 Å². The highest BCUT2D eigenvalue weighted by Gasteiger charge is 2.18. The second kappa shape index (κ2) is 21.4. The van der Waals surface area contributed by atoms with Crippen LogP contribution in [0.15, 0.2) is 4.99 Å². The van der Waals surface area contributed by atoms with Gasteiger partial charge in [-0.15, -0.1) is 0 Å². The molecule has 7 heteroatoms. The van der Waals surface area contributed by atoms with Gasteiger partial charge in [0.25, 0.3) is 0 Å². The fourth-order valence-corrected chi connectivity index (χ4v) is 3.68. The molecule has 0 aliphatic carbocycles. The van der Waals surface area contributed by atoms with E-state index in [1.807, 2.05) is 0 Å². The van der Waals surface area contributed by atoms with Gasteiger partial charge in [0.05, 0.1) is 0 Å². The van der Waals surface area contributed by atoms with Gasteiger partial charge in [0.1, 0.15) is 6.04 Å². The number of amides is 1. The van der Waals surface area contributed by atoms with Crippen LogP contribution >= 0.6 is 0 Å². The molecule has 0 bridgehead atoms. The number of carbonyl (C=O) groups is 2. The summed E-state index contributed by atoms with van der Waals surface area (Å²) in [5.74, 6) is -1.22. The van der Waals surface area contributed by atoms with Crippen molar-refractivity contribution in [2.24, 2.45) is 16.5 Å². The van der Waals surface area contributed by atoms with E-state index in [1.54, 1.807) is 0 Å². The van der Waals surface area contributed by atoms with Crippen molar-refractivity contribution < 1.29 is 14.7 Å². The van der Waals surface area contributed by atoms with Gasteiger partial charge in [0, 0.05) is 13.0 Å². The Morgan fingerprint density at radius 2 is 1.23 bits per heavy atom. The summed E-state index contributed by atoms with van der Waals surface area (Å²) in [7, 11) is 0. The van der Waals surface area contributed by atoms with E-state index in [0.29, 0.717) is 25.8 Å². The molecule has 0 rings (SSSR count). The predicted octanol–water partition coefficient (Wildman–Crippen LogP) is 4.87. The number of guanidine groups is 1. The Morgan fingerprint density at radius 1 is 0.774 bits per heavy atom. The van der Waals surface area contributed by atoms with Gasteiger partial charge >= 0.3 is 5.97 Å². The lowest BCUT2D eigenvalue weighted by atomic mass is 10.0. The van der Waals surface area contributed by atoms with E-state index >= 15 is 0 Å². The van der Waals surface area contributed by atoms with Gasteiger partial charge in [0.2, 0.25) is 5.91 Å². The van der Waals surface area contributed by atoms with Crippen LogP contribution in [0.4, 0.5) is 0 Å². The third-order valence-corrected chi connectivity index (χ3v) is 5.59. The summed E-state index contributed by atoms with van der Waals surface area (Å²) >= 11 is 0. The zero-order chi connectivity index (χ0) is 23.2. The number of nitrogens with two attached hydrogens (primary N) is 2. The Hall–Kier alpha value is -1.79. The fraction of sp³-hybridized carbons (Fsp3) is 0.875. The van der Waals surface area contributed by atoms with Gasteiger partial charge in [0.15, 0.2) is 5.96 Å². The van der Waals surface area contributed by atoms with Crippen LogP contribution in [-0.2, 0) is 9.59 Å². The number of nitrogens with one attached hydrogen (secondary N) is 1. The Bertz CT molecular complexity index is 479. The molecule has 0 aromatic carbocycles. The monoisotopic (exact) mass is 440 g/mol. The van der Waals surface area contributed by atoms with Crippen molar-refractivity contribution in [2.45, 2.75) is 129 Å². The van der Waals surface area contributed by atoms with Crippen LogP contribution in [0.3, 0.4) is 0 Å². The largest absolute Gasteiger partial charge is 0.480 e. The summed E-state index contributed by atoms with van der Waals surface area (Å²) < 4.78 is 0. The zero-order valence-corrected chi connectivity index (χ0v) is 19.9. The molecule has 1 unspecified atom stereocenters. The van der Waals surface area contributed by atoms with Crippen LogP contribution in [0.5, 0.6) is 0 Å². The number of unbranched alkanes of at least 4 members (excludes halogenated alkanes) is 14. The number of hydrogen-bond donors (Lipinski definition) is 4. The number of carboxylic acids is 1. The first kappa shape index (κ1) is 29.2. The first-order valence-electron chi connectivity index (χ1n) is 12.5. The molecule has 7 nitrogen and oxygen atoms in total. The van der Waals surface area contributed by atoms with Gasteiger partial charge in [-0.2, -0.15) is 0 Å². The Kier molecular flexibility index (Phi) is 20.2. The molecule has 0 aromatic heterocycles. The molecule has 0 spiro atoms. The summed E-state index contributed by atoms with van der Waals surface area (Å²) in [6, 6.07) is -0.877. The van der Waals surface area contributed by atoms with Gasteiger partial charge in [-0.25, -0.2) is 4.79 Å². The van der Waals surface area contributed by atoms with E-state index in [-0.39, 0.29) is 11.9 Å². The van der Waals surface area contributed by atoms with Gasteiger partial charge in [-0.05, 0) is 19.3 Å². The average Bonchev–Trinajstić information content (AvgIpc) is 2.72. The molecule has 1 amide bonds. The molecule has 0 radical (unpaired) electrons. The number of rotatable bonds is 22. The summed E-state index contributed by atoms with van der Waals surface area (Å²) in [5, 5.41) is 11.8. The average molecular weight is 441 g/mol. The molecule has 0 aromatic rings. The lowest BCUT2D eigenvalue weighted by Gasteiger charge is -2.14. The molecule has 0 heterocycles. The maximum absolute atomic E-state index is 12.0. The van der Waals surface area contributed by atoms with Gasteiger partial charge in [-0.1, -0.05) is 96.8 Å². The highest BCUT2D eigenvalue weighted by molar-refractivity contribution is 5.83. The summed E-state index contributed by atoms with van der Waals surface area (Å²) in [4.78, 5) is 27.1. The summed E-state index contributed by atoms with van der Waals surface area (Å²) in [5.41, 5.74) is 10.5. The minimum absolute atomic E-state index is 0.0101. The van der Waals surface area contributed by atoms with E-state index < -0.39 is 12.0 Å². The van der Waals surface area contributed by atoms with Crippen LogP contribution in [0.2, 0.25) is 0 Å². The molecule has 0 saturated heterocycles. The number of nitrogens with zero attached hydrogens (tertiary/aromatic N) is 1. The molecule has 0 aliphatic heterocycles. The van der Waals surface area contributed by atoms with Crippen molar-refractivity contribution in [3.05, 3.63) is 0 Å². The normalized spacial score (nSPS) is 11.8. The van der Waals surface area contributed by atoms with Crippen molar-refractivity contribution in [2.75, 3.05) is 6.54 Å². The van der Waals surface area contributed by atoms with E-state index in [1.165, 1.54) is 77.0 Å². The minimum atomic E-state index is -1.02. The second-order valence-corrected chi connectivity index (χ2v) is 8.61. The minimum Gasteiger partial charge on any atom is -0.480 e. The van der Waals surface area contributed by atoms with Crippen LogP contribution in [0, 0.1) is 0 Å². The highest BCUT2D eigenvalue weighted by atomic mass is 16.4. The van der Waals surface area contributed by atoms with E-state index in [9.17, 15) is 14.7 Å². The van der Waals surface area contributed by atoms with E-state index in [0.717, 1.165) is 19.3 Å². The van der Waals surface area contributed by atoms with Crippen molar-refractivity contribution in [3.63, 3.8) is 0 Å². The maximum Gasteiger partial charge on any atom is 0.326 e. The molecular weight excluding hydrogens is 392 g/mol. The molecule has 182 valence electrons. The summed E-state index contributed by atoms with van der Waals surface area (Å²) in [6.07, 6.45) is 20.4. The fourth-order valence-electron chi connectivity index (χ4n) is 3.68. The smallest absolute Gasteiger partial charge is 0.326 e. The molecule has 0 aliphatic rings. The highest BCUT2D eigenvalue weighted by Crippen LogP contribution is 2.13. The first-order valence-corrected chi connectivity index (χ1v) is 12.5. The number of aliphatic imine (C=N–C) groups is 1.